The van der Waals surface area contributed by atoms with E-state index in [1.807, 2.05) is 26.8 Å². The Balaban J connectivity index is 1.53. The molecule has 0 bridgehead atoms. The number of aromatic nitrogens is 3. The molecular formula is C23H32ClN5O2S. The normalized spacial score (nSPS) is 20.3. The molecule has 0 aliphatic carbocycles. The van der Waals surface area contributed by atoms with Gasteiger partial charge in [-0.25, -0.2) is 15.0 Å². The topological polar surface area (TPSA) is 83.4 Å². The molecular weight excluding hydrogens is 446 g/mol. The van der Waals surface area contributed by atoms with Gasteiger partial charge in [-0.3, -0.25) is 0 Å². The lowest BCUT2D eigenvalue weighted by atomic mass is 9.77. The number of aliphatic hydroxyl groups is 1. The van der Waals surface area contributed by atoms with Crippen molar-refractivity contribution >= 4 is 35.0 Å². The fraction of sp³-hybridized carbons (Fsp3) is 0.609. The van der Waals surface area contributed by atoms with Gasteiger partial charge in [-0.15, -0.1) is 0 Å². The van der Waals surface area contributed by atoms with Crippen molar-refractivity contribution in [3.63, 3.8) is 0 Å². The molecule has 4 rings (SSSR count). The quantitative estimate of drug-likeness (QED) is 0.619. The fourth-order valence-corrected chi connectivity index (χ4v) is 5.71. The summed E-state index contributed by atoms with van der Waals surface area (Å²) in [5.41, 5.74) is 1.73. The third kappa shape index (κ3) is 4.98. The van der Waals surface area contributed by atoms with Crippen LogP contribution in [0.4, 0.5) is 11.6 Å². The molecule has 7 nitrogen and oxygen atoms in total. The van der Waals surface area contributed by atoms with Gasteiger partial charge >= 0.3 is 0 Å². The minimum Gasteiger partial charge on any atom is -0.390 e. The molecule has 1 spiro atoms. The molecule has 1 atom stereocenters. The van der Waals surface area contributed by atoms with E-state index >= 15 is 0 Å². The van der Waals surface area contributed by atoms with Crippen LogP contribution in [0.3, 0.4) is 0 Å². The first-order valence-corrected chi connectivity index (χ1v) is 12.4. The van der Waals surface area contributed by atoms with Crippen LogP contribution in [-0.2, 0) is 11.3 Å². The van der Waals surface area contributed by atoms with E-state index in [1.165, 1.54) is 11.8 Å². The number of anilines is 2. The SMILES string of the molecule is Cc1nc(N2CCC3(CC2)CO[C@@H](C)C3)c(CO)nc1Sc1ccnc(NC(C)C)c1Cl. The summed E-state index contributed by atoms with van der Waals surface area (Å²) < 4.78 is 5.85. The molecule has 32 heavy (non-hydrogen) atoms. The Kier molecular flexibility index (Phi) is 7.14. The van der Waals surface area contributed by atoms with E-state index in [9.17, 15) is 5.11 Å². The number of pyridine rings is 1. The Morgan fingerprint density at radius 3 is 2.72 bits per heavy atom. The molecule has 9 heteroatoms. The van der Waals surface area contributed by atoms with Crippen LogP contribution in [0.25, 0.3) is 0 Å². The highest BCUT2D eigenvalue weighted by Gasteiger charge is 2.41. The maximum Gasteiger partial charge on any atom is 0.153 e. The van der Waals surface area contributed by atoms with Crippen LogP contribution in [0.1, 0.15) is 51.4 Å². The Morgan fingerprint density at radius 2 is 2.09 bits per heavy atom. The monoisotopic (exact) mass is 477 g/mol. The summed E-state index contributed by atoms with van der Waals surface area (Å²) in [6.45, 7) is 10.7. The summed E-state index contributed by atoms with van der Waals surface area (Å²) >= 11 is 8.04. The van der Waals surface area contributed by atoms with Gasteiger partial charge in [-0.05, 0) is 58.4 Å². The van der Waals surface area contributed by atoms with Crippen molar-refractivity contribution in [1.82, 2.24) is 15.0 Å². The zero-order chi connectivity index (χ0) is 22.9. The second kappa shape index (κ2) is 9.71. The number of rotatable bonds is 6. The number of aliphatic hydroxyl groups excluding tert-OH is 1. The first-order valence-electron chi connectivity index (χ1n) is 11.2. The van der Waals surface area contributed by atoms with Crippen molar-refractivity contribution in [3.05, 3.63) is 28.7 Å². The number of aryl methyl sites for hydroxylation is 1. The fourth-order valence-electron chi connectivity index (χ4n) is 4.55. The summed E-state index contributed by atoms with van der Waals surface area (Å²) in [5.74, 6) is 1.45. The summed E-state index contributed by atoms with van der Waals surface area (Å²) in [5, 5.41) is 14.6. The Labute approximate surface area is 199 Å². The predicted octanol–water partition coefficient (Wildman–Crippen LogP) is 4.69. The van der Waals surface area contributed by atoms with Gasteiger partial charge < -0.3 is 20.1 Å². The molecule has 0 saturated carbocycles. The van der Waals surface area contributed by atoms with Gasteiger partial charge in [0.15, 0.2) is 5.82 Å². The highest BCUT2D eigenvalue weighted by molar-refractivity contribution is 7.99. The van der Waals surface area contributed by atoms with Crippen molar-refractivity contribution in [1.29, 1.82) is 0 Å². The molecule has 0 amide bonds. The second-order valence-electron chi connectivity index (χ2n) is 9.23. The highest BCUT2D eigenvalue weighted by atomic mass is 35.5. The number of ether oxygens (including phenoxy) is 1. The summed E-state index contributed by atoms with van der Waals surface area (Å²) in [6.07, 6.45) is 5.38. The summed E-state index contributed by atoms with van der Waals surface area (Å²) in [7, 11) is 0. The standard InChI is InChI=1S/C23H32ClN5O2S/c1-14(2)26-20-19(24)18(5-8-25-20)32-22-16(4)27-21(17(12-30)28-22)29-9-6-23(7-10-29)11-15(3)31-13-23/h5,8,14-15,30H,6-7,9-13H2,1-4H3,(H,25,26)/t15-/m0/s1. The minimum absolute atomic E-state index is 0.151. The van der Waals surface area contributed by atoms with Gasteiger partial charge in [0.1, 0.15) is 16.5 Å². The molecule has 174 valence electrons. The molecule has 2 aliphatic heterocycles. The smallest absolute Gasteiger partial charge is 0.153 e. The lowest BCUT2D eigenvalue weighted by molar-refractivity contribution is 0.0975. The van der Waals surface area contributed by atoms with Crippen LogP contribution < -0.4 is 10.2 Å². The number of nitrogens with zero attached hydrogens (tertiary/aromatic N) is 4. The lowest BCUT2D eigenvalue weighted by Crippen LogP contribution is -2.41. The zero-order valence-corrected chi connectivity index (χ0v) is 20.8. The minimum atomic E-state index is -0.151. The van der Waals surface area contributed by atoms with E-state index in [0.717, 1.165) is 60.4 Å². The van der Waals surface area contributed by atoms with Gasteiger partial charge in [-0.1, -0.05) is 23.4 Å². The highest BCUT2D eigenvalue weighted by Crippen LogP contribution is 2.43. The van der Waals surface area contributed by atoms with Gasteiger partial charge in [0.2, 0.25) is 0 Å². The molecule has 4 heterocycles. The maximum atomic E-state index is 10.1. The average molecular weight is 478 g/mol. The van der Waals surface area contributed by atoms with Gasteiger partial charge in [0.25, 0.3) is 0 Å². The molecule has 2 aliphatic rings. The van der Waals surface area contributed by atoms with Gasteiger partial charge in [0.05, 0.1) is 30.0 Å². The maximum absolute atomic E-state index is 10.1. The van der Waals surface area contributed by atoms with E-state index in [-0.39, 0.29) is 12.6 Å². The number of halogens is 1. The molecule has 2 N–H and O–H groups in total. The first kappa shape index (κ1) is 23.5. The van der Waals surface area contributed by atoms with E-state index in [4.69, 9.17) is 26.3 Å². The lowest BCUT2D eigenvalue weighted by Gasteiger charge is -2.39. The van der Waals surface area contributed by atoms with E-state index < -0.39 is 0 Å². The van der Waals surface area contributed by atoms with Crippen molar-refractivity contribution in [2.45, 2.75) is 75.6 Å². The first-order chi connectivity index (χ1) is 15.3. The Bertz CT molecular complexity index is 966. The zero-order valence-electron chi connectivity index (χ0n) is 19.2. The molecule has 2 aromatic heterocycles. The average Bonchev–Trinajstić information content (AvgIpc) is 3.12. The molecule has 2 saturated heterocycles. The van der Waals surface area contributed by atoms with Crippen molar-refractivity contribution in [2.24, 2.45) is 5.41 Å². The molecule has 0 aromatic carbocycles. The molecule has 2 fully saturated rings. The van der Waals surface area contributed by atoms with Crippen LogP contribution >= 0.6 is 23.4 Å². The predicted molar refractivity (Wildman–Crippen MR) is 129 cm³/mol. The molecule has 0 unspecified atom stereocenters. The van der Waals surface area contributed by atoms with Gasteiger partial charge in [0, 0.05) is 30.2 Å². The molecule has 2 aromatic rings. The van der Waals surface area contributed by atoms with Crippen molar-refractivity contribution in [2.75, 3.05) is 29.9 Å². The van der Waals surface area contributed by atoms with Crippen LogP contribution in [0.15, 0.2) is 22.2 Å². The van der Waals surface area contributed by atoms with E-state index in [2.05, 4.69) is 22.1 Å². The molecule has 0 radical (unpaired) electrons. The summed E-state index contributed by atoms with van der Waals surface area (Å²) in [4.78, 5) is 17.1. The Hall–Kier alpha value is -1.61. The van der Waals surface area contributed by atoms with Crippen LogP contribution in [0, 0.1) is 12.3 Å². The van der Waals surface area contributed by atoms with Crippen LogP contribution in [-0.4, -0.2) is 51.9 Å². The van der Waals surface area contributed by atoms with Gasteiger partial charge in [-0.2, -0.15) is 0 Å². The largest absolute Gasteiger partial charge is 0.390 e. The van der Waals surface area contributed by atoms with Crippen molar-refractivity contribution in [3.8, 4) is 0 Å². The number of piperidine rings is 1. The third-order valence-electron chi connectivity index (χ3n) is 6.23. The Morgan fingerprint density at radius 1 is 1.34 bits per heavy atom. The third-order valence-corrected chi connectivity index (χ3v) is 7.87. The van der Waals surface area contributed by atoms with E-state index in [0.29, 0.717) is 28.1 Å². The number of hydrogen-bond donors (Lipinski definition) is 2. The number of hydrogen-bond acceptors (Lipinski definition) is 8. The van der Waals surface area contributed by atoms with Crippen LogP contribution in [0.2, 0.25) is 5.02 Å². The van der Waals surface area contributed by atoms with E-state index in [1.54, 1.807) is 6.20 Å². The number of nitrogens with one attached hydrogen (secondary N) is 1. The van der Waals surface area contributed by atoms with Crippen LogP contribution in [0.5, 0.6) is 0 Å². The van der Waals surface area contributed by atoms with Crippen molar-refractivity contribution < 1.29 is 9.84 Å². The summed E-state index contributed by atoms with van der Waals surface area (Å²) in [6, 6.07) is 2.10. The second-order valence-corrected chi connectivity index (χ2v) is 10.6.